The van der Waals surface area contributed by atoms with Gasteiger partial charge in [0.2, 0.25) is 5.91 Å². The average molecular weight is 247 g/mol. The molecular formula is C11H19ClN2O2. The molecule has 0 aliphatic carbocycles. The van der Waals surface area contributed by atoms with E-state index < -0.39 is 5.41 Å². The van der Waals surface area contributed by atoms with Crippen LogP contribution in [0.2, 0.25) is 0 Å². The lowest BCUT2D eigenvalue weighted by atomic mass is 9.78. The van der Waals surface area contributed by atoms with Gasteiger partial charge in [-0.3, -0.25) is 4.79 Å². The lowest BCUT2D eigenvalue weighted by Crippen LogP contribution is -2.50. The lowest BCUT2D eigenvalue weighted by molar-refractivity contribution is -0.135. The van der Waals surface area contributed by atoms with Gasteiger partial charge in [-0.05, 0) is 25.9 Å². The van der Waals surface area contributed by atoms with Crippen LogP contribution in [0.1, 0.15) is 12.8 Å². The highest BCUT2D eigenvalue weighted by Gasteiger charge is 2.39. The van der Waals surface area contributed by atoms with Gasteiger partial charge in [0.15, 0.2) is 0 Å². The van der Waals surface area contributed by atoms with Gasteiger partial charge in [0.1, 0.15) is 0 Å². The summed E-state index contributed by atoms with van der Waals surface area (Å²) in [5.74, 6) is 0.0117. The first-order valence-corrected chi connectivity index (χ1v) is 5.80. The van der Waals surface area contributed by atoms with Crippen molar-refractivity contribution in [2.75, 3.05) is 33.4 Å². The number of amides is 1. The Morgan fingerprint density at radius 1 is 1.56 bits per heavy atom. The van der Waals surface area contributed by atoms with Crippen LogP contribution < -0.4 is 10.6 Å². The van der Waals surface area contributed by atoms with Crippen molar-refractivity contribution in [2.45, 2.75) is 12.8 Å². The first kappa shape index (κ1) is 13.5. The third kappa shape index (κ3) is 3.47. The zero-order chi connectivity index (χ0) is 12.0. The molecule has 1 aliphatic rings. The maximum atomic E-state index is 12.1. The molecule has 1 fully saturated rings. The fourth-order valence-electron chi connectivity index (χ4n) is 1.98. The Balaban J connectivity index is 2.60. The summed E-state index contributed by atoms with van der Waals surface area (Å²) in [6.45, 7) is 6.01. The molecule has 0 atom stereocenters. The Morgan fingerprint density at radius 3 is 2.69 bits per heavy atom. The highest BCUT2D eigenvalue weighted by molar-refractivity contribution is 6.29. The zero-order valence-electron chi connectivity index (χ0n) is 9.64. The van der Waals surface area contributed by atoms with Gasteiger partial charge < -0.3 is 15.4 Å². The van der Waals surface area contributed by atoms with E-state index in [0.717, 1.165) is 25.9 Å². The second-order valence-corrected chi connectivity index (χ2v) is 4.70. The number of hydrogen-bond acceptors (Lipinski definition) is 3. The summed E-state index contributed by atoms with van der Waals surface area (Å²) < 4.78 is 5.17. The second kappa shape index (κ2) is 6.23. The maximum absolute atomic E-state index is 12.1. The van der Waals surface area contributed by atoms with E-state index in [4.69, 9.17) is 16.3 Å². The molecule has 0 aromatic rings. The second-order valence-electron chi connectivity index (χ2n) is 4.16. The van der Waals surface area contributed by atoms with Gasteiger partial charge in [-0.15, -0.1) is 0 Å². The Labute approximate surface area is 101 Å². The van der Waals surface area contributed by atoms with E-state index in [1.54, 1.807) is 7.11 Å². The number of piperidine rings is 1. The molecule has 0 aromatic carbocycles. The number of carbonyl (C=O) groups excluding carboxylic acids is 1. The number of hydrogen-bond donors (Lipinski definition) is 2. The molecule has 0 bridgehead atoms. The summed E-state index contributed by atoms with van der Waals surface area (Å²) in [6.07, 6.45) is 1.59. The minimum absolute atomic E-state index is 0.0117. The van der Waals surface area contributed by atoms with Gasteiger partial charge in [-0.2, -0.15) is 0 Å². The van der Waals surface area contributed by atoms with Crippen LogP contribution in [0.15, 0.2) is 11.6 Å². The SMILES string of the molecule is C=C(Cl)CNC(=O)C1(COC)CCNCC1. The van der Waals surface area contributed by atoms with E-state index in [-0.39, 0.29) is 5.91 Å². The normalized spacial score (nSPS) is 19.1. The lowest BCUT2D eigenvalue weighted by Gasteiger charge is -2.35. The molecule has 5 heteroatoms. The van der Waals surface area contributed by atoms with Crippen LogP contribution in [0.4, 0.5) is 0 Å². The van der Waals surface area contributed by atoms with Gasteiger partial charge in [-0.1, -0.05) is 18.2 Å². The number of carbonyl (C=O) groups is 1. The molecule has 1 aliphatic heterocycles. The van der Waals surface area contributed by atoms with Crippen molar-refractivity contribution in [2.24, 2.45) is 5.41 Å². The van der Waals surface area contributed by atoms with Crippen molar-refractivity contribution in [3.63, 3.8) is 0 Å². The van der Waals surface area contributed by atoms with Gasteiger partial charge in [0.05, 0.1) is 18.6 Å². The first-order chi connectivity index (χ1) is 7.60. The Morgan fingerprint density at radius 2 is 2.19 bits per heavy atom. The van der Waals surface area contributed by atoms with Crippen molar-refractivity contribution in [3.8, 4) is 0 Å². The van der Waals surface area contributed by atoms with E-state index >= 15 is 0 Å². The molecule has 92 valence electrons. The van der Waals surface area contributed by atoms with Crippen molar-refractivity contribution in [1.82, 2.24) is 10.6 Å². The third-order valence-electron chi connectivity index (χ3n) is 2.90. The largest absolute Gasteiger partial charge is 0.384 e. The molecule has 0 spiro atoms. The van der Waals surface area contributed by atoms with Crippen LogP contribution in [0.5, 0.6) is 0 Å². The molecule has 0 aromatic heterocycles. The Kier molecular flexibility index (Phi) is 5.25. The molecule has 1 amide bonds. The number of rotatable bonds is 5. The molecule has 16 heavy (non-hydrogen) atoms. The summed E-state index contributed by atoms with van der Waals surface area (Å²) in [5.41, 5.74) is -0.410. The van der Waals surface area contributed by atoms with E-state index in [0.29, 0.717) is 18.2 Å². The average Bonchev–Trinajstić information content (AvgIpc) is 2.27. The number of halogens is 1. The molecular weight excluding hydrogens is 228 g/mol. The van der Waals surface area contributed by atoms with Crippen LogP contribution in [0, 0.1) is 5.41 Å². The monoisotopic (exact) mass is 246 g/mol. The molecule has 1 heterocycles. The minimum Gasteiger partial charge on any atom is -0.384 e. The fourth-order valence-corrected chi connectivity index (χ4v) is 2.05. The predicted octanol–water partition coefficient (Wildman–Crippen LogP) is 0.871. The van der Waals surface area contributed by atoms with Crippen LogP contribution in [-0.2, 0) is 9.53 Å². The minimum atomic E-state index is -0.410. The maximum Gasteiger partial charge on any atom is 0.228 e. The molecule has 4 nitrogen and oxygen atoms in total. The van der Waals surface area contributed by atoms with Crippen LogP contribution >= 0.6 is 11.6 Å². The van der Waals surface area contributed by atoms with Crippen molar-refractivity contribution in [1.29, 1.82) is 0 Å². The number of ether oxygens (including phenoxy) is 1. The molecule has 0 unspecified atom stereocenters. The van der Waals surface area contributed by atoms with E-state index in [9.17, 15) is 4.79 Å². The zero-order valence-corrected chi connectivity index (χ0v) is 10.4. The first-order valence-electron chi connectivity index (χ1n) is 5.42. The molecule has 1 saturated heterocycles. The third-order valence-corrected chi connectivity index (χ3v) is 3.04. The number of methoxy groups -OCH3 is 1. The van der Waals surface area contributed by atoms with Crippen LogP contribution in [-0.4, -0.2) is 39.3 Å². The Hall–Kier alpha value is -0.580. The highest BCUT2D eigenvalue weighted by atomic mass is 35.5. The summed E-state index contributed by atoms with van der Waals surface area (Å²) in [4.78, 5) is 12.1. The smallest absolute Gasteiger partial charge is 0.228 e. The van der Waals surface area contributed by atoms with Crippen molar-refractivity contribution in [3.05, 3.63) is 11.6 Å². The van der Waals surface area contributed by atoms with Crippen molar-refractivity contribution >= 4 is 17.5 Å². The molecule has 0 radical (unpaired) electrons. The standard InChI is InChI=1S/C11H19ClN2O2/c1-9(12)7-14-10(15)11(8-16-2)3-5-13-6-4-11/h13H,1,3-8H2,2H3,(H,14,15). The van der Waals surface area contributed by atoms with Crippen molar-refractivity contribution < 1.29 is 9.53 Å². The molecule has 1 rings (SSSR count). The van der Waals surface area contributed by atoms with E-state index in [2.05, 4.69) is 17.2 Å². The molecule has 0 saturated carbocycles. The van der Waals surface area contributed by atoms with Gasteiger partial charge in [0.25, 0.3) is 0 Å². The van der Waals surface area contributed by atoms with Crippen LogP contribution in [0.3, 0.4) is 0 Å². The summed E-state index contributed by atoms with van der Waals surface area (Å²) in [5, 5.41) is 6.48. The summed E-state index contributed by atoms with van der Waals surface area (Å²) in [7, 11) is 1.62. The summed E-state index contributed by atoms with van der Waals surface area (Å²) in [6, 6.07) is 0. The molecule has 2 N–H and O–H groups in total. The Bertz CT molecular complexity index is 257. The van der Waals surface area contributed by atoms with Gasteiger partial charge >= 0.3 is 0 Å². The van der Waals surface area contributed by atoms with Crippen LogP contribution in [0.25, 0.3) is 0 Å². The number of nitrogens with one attached hydrogen (secondary N) is 2. The summed E-state index contributed by atoms with van der Waals surface area (Å²) >= 11 is 5.63. The quantitative estimate of drug-likeness (QED) is 0.757. The topological polar surface area (TPSA) is 50.4 Å². The van der Waals surface area contributed by atoms with Gasteiger partial charge in [0, 0.05) is 12.1 Å². The van der Waals surface area contributed by atoms with E-state index in [1.165, 1.54) is 0 Å². The van der Waals surface area contributed by atoms with Gasteiger partial charge in [-0.25, -0.2) is 0 Å². The van der Waals surface area contributed by atoms with E-state index in [1.807, 2.05) is 0 Å². The fraction of sp³-hybridized carbons (Fsp3) is 0.727. The highest BCUT2D eigenvalue weighted by Crippen LogP contribution is 2.29. The predicted molar refractivity (Wildman–Crippen MR) is 64.4 cm³/mol.